The summed E-state index contributed by atoms with van der Waals surface area (Å²) in [5.41, 5.74) is 1.41. The molecule has 0 radical (unpaired) electrons. The number of rotatable bonds is 3. The average molecular weight is 310 g/mol. The summed E-state index contributed by atoms with van der Waals surface area (Å²) < 4.78 is 0. The van der Waals surface area contributed by atoms with Crippen molar-refractivity contribution in [3.63, 3.8) is 0 Å². The van der Waals surface area contributed by atoms with Crippen LogP contribution in [0.5, 0.6) is 0 Å². The van der Waals surface area contributed by atoms with E-state index in [0.717, 1.165) is 5.56 Å². The molecule has 108 valence electrons. The minimum absolute atomic E-state index is 0.168. The van der Waals surface area contributed by atoms with Crippen LogP contribution in [0.25, 0.3) is 22.3 Å². The lowest BCUT2D eigenvalue weighted by molar-refractivity contribution is 0.555. The summed E-state index contributed by atoms with van der Waals surface area (Å²) in [6, 6.07) is 9.14. The van der Waals surface area contributed by atoms with Crippen molar-refractivity contribution in [3.8, 4) is 11.4 Å². The van der Waals surface area contributed by atoms with Gasteiger partial charge in [0, 0.05) is 10.9 Å². The van der Waals surface area contributed by atoms with Crippen LogP contribution in [0, 0.1) is 0 Å². The average Bonchev–Trinajstić information content (AvgIpc) is 3.18. The normalized spacial score (nSPS) is 11.1. The molecule has 1 N–H and O–H groups in total. The predicted molar refractivity (Wildman–Crippen MR) is 82.6 cm³/mol. The first kappa shape index (κ1) is 12.8. The van der Waals surface area contributed by atoms with Gasteiger partial charge in [0.15, 0.2) is 0 Å². The number of tetrazole rings is 1. The summed E-state index contributed by atoms with van der Waals surface area (Å²) in [4.78, 5) is 20.6. The lowest BCUT2D eigenvalue weighted by Gasteiger charge is -2.01. The number of hydrogen-bond acceptors (Lipinski definition) is 6. The maximum Gasteiger partial charge on any atom is 0.258 e. The zero-order valence-electron chi connectivity index (χ0n) is 11.3. The van der Waals surface area contributed by atoms with Crippen molar-refractivity contribution < 1.29 is 0 Å². The van der Waals surface area contributed by atoms with E-state index in [9.17, 15) is 4.79 Å². The van der Waals surface area contributed by atoms with Gasteiger partial charge in [0.25, 0.3) is 5.56 Å². The Bertz CT molecular complexity index is 988. The third kappa shape index (κ3) is 2.29. The molecule has 8 heteroatoms. The second-order valence-corrected chi connectivity index (χ2v) is 5.47. The van der Waals surface area contributed by atoms with Gasteiger partial charge in [-0.1, -0.05) is 12.1 Å². The zero-order valence-corrected chi connectivity index (χ0v) is 12.1. The standard InChI is InChI=1S/C14H10N6OS/c21-14-10-3-1-2-4-11(10)15-12(16-14)7-20-18-13(17-19-20)9-5-6-22-8-9/h1-6,8H,7H2,(H,15,16,21). The molecule has 0 spiro atoms. The first-order valence-corrected chi connectivity index (χ1v) is 7.52. The van der Waals surface area contributed by atoms with Crippen LogP contribution < -0.4 is 5.56 Å². The van der Waals surface area contributed by atoms with Gasteiger partial charge in [-0.05, 0) is 28.8 Å². The van der Waals surface area contributed by atoms with E-state index < -0.39 is 0 Å². The summed E-state index contributed by atoms with van der Waals surface area (Å²) in [6.45, 7) is 0.261. The second-order valence-electron chi connectivity index (χ2n) is 4.69. The molecule has 4 rings (SSSR count). The molecule has 0 aliphatic rings. The van der Waals surface area contributed by atoms with Gasteiger partial charge in [0.05, 0.1) is 10.9 Å². The van der Waals surface area contributed by atoms with Crippen molar-refractivity contribution in [2.75, 3.05) is 0 Å². The van der Waals surface area contributed by atoms with Gasteiger partial charge >= 0.3 is 0 Å². The number of H-pyrrole nitrogens is 1. The molecule has 3 heterocycles. The Morgan fingerprint density at radius 2 is 2.14 bits per heavy atom. The molecule has 7 nitrogen and oxygen atoms in total. The molecule has 3 aromatic heterocycles. The van der Waals surface area contributed by atoms with E-state index in [1.807, 2.05) is 29.0 Å². The Labute approximate surface area is 128 Å². The van der Waals surface area contributed by atoms with Crippen molar-refractivity contribution >= 4 is 22.2 Å². The van der Waals surface area contributed by atoms with E-state index in [1.165, 1.54) is 4.80 Å². The van der Waals surface area contributed by atoms with Crippen molar-refractivity contribution in [1.29, 1.82) is 0 Å². The van der Waals surface area contributed by atoms with Crippen LogP contribution in [0.2, 0.25) is 0 Å². The number of hydrogen-bond donors (Lipinski definition) is 1. The largest absolute Gasteiger partial charge is 0.308 e. The molecule has 0 aliphatic carbocycles. The third-order valence-electron chi connectivity index (χ3n) is 3.19. The molecule has 0 aliphatic heterocycles. The van der Waals surface area contributed by atoms with E-state index in [0.29, 0.717) is 22.6 Å². The summed E-state index contributed by atoms with van der Waals surface area (Å²) in [7, 11) is 0. The number of benzene rings is 1. The molecule has 0 bridgehead atoms. The Balaban J connectivity index is 1.68. The summed E-state index contributed by atoms with van der Waals surface area (Å²) in [5.74, 6) is 1.06. The lowest BCUT2D eigenvalue weighted by atomic mass is 10.2. The highest BCUT2D eigenvalue weighted by Crippen LogP contribution is 2.16. The SMILES string of the molecule is O=c1[nH]c(Cn2nnc(-c3ccsc3)n2)nc2ccccc12. The first-order chi connectivity index (χ1) is 10.8. The number of fused-ring (bicyclic) bond motifs is 1. The highest BCUT2D eigenvalue weighted by atomic mass is 32.1. The van der Waals surface area contributed by atoms with Gasteiger partial charge in [-0.3, -0.25) is 4.79 Å². The maximum absolute atomic E-state index is 12.0. The Hall–Kier alpha value is -2.87. The molecule has 0 fully saturated rings. The highest BCUT2D eigenvalue weighted by molar-refractivity contribution is 7.08. The van der Waals surface area contributed by atoms with Gasteiger partial charge in [-0.15, -0.1) is 10.2 Å². The van der Waals surface area contributed by atoms with E-state index in [2.05, 4.69) is 25.4 Å². The minimum atomic E-state index is -0.168. The molecule has 0 unspecified atom stereocenters. The first-order valence-electron chi connectivity index (χ1n) is 6.58. The molecule has 0 amide bonds. The van der Waals surface area contributed by atoms with Crippen LogP contribution in [0.3, 0.4) is 0 Å². The number of aromatic amines is 1. The van der Waals surface area contributed by atoms with Crippen molar-refractivity contribution in [2.24, 2.45) is 0 Å². The number of para-hydroxylation sites is 1. The fourth-order valence-electron chi connectivity index (χ4n) is 2.16. The molecular weight excluding hydrogens is 300 g/mol. The zero-order chi connectivity index (χ0) is 14.9. The molecule has 0 saturated heterocycles. The van der Waals surface area contributed by atoms with Crippen LogP contribution in [0.15, 0.2) is 45.9 Å². The minimum Gasteiger partial charge on any atom is -0.308 e. The molecular formula is C14H10N6OS. The van der Waals surface area contributed by atoms with Crippen molar-refractivity contribution in [2.45, 2.75) is 6.54 Å². The van der Waals surface area contributed by atoms with E-state index in [-0.39, 0.29) is 12.1 Å². The van der Waals surface area contributed by atoms with Gasteiger partial charge in [0.1, 0.15) is 12.4 Å². The van der Waals surface area contributed by atoms with Gasteiger partial charge in [-0.25, -0.2) is 4.98 Å². The Morgan fingerprint density at radius 3 is 3.00 bits per heavy atom. The number of nitrogens with zero attached hydrogens (tertiary/aromatic N) is 5. The Kier molecular flexibility index (Phi) is 3.01. The quantitative estimate of drug-likeness (QED) is 0.622. The Morgan fingerprint density at radius 1 is 1.23 bits per heavy atom. The molecule has 0 atom stereocenters. The monoisotopic (exact) mass is 310 g/mol. The summed E-state index contributed by atoms with van der Waals surface area (Å²) in [6.07, 6.45) is 0. The highest BCUT2D eigenvalue weighted by Gasteiger charge is 2.09. The van der Waals surface area contributed by atoms with Crippen LogP contribution in [-0.4, -0.2) is 30.2 Å². The van der Waals surface area contributed by atoms with Crippen LogP contribution in [0.1, 0.15) is 5.82 Å². The topological polar surface area (TPSA) is 89.4 Å². The van der Waals surface area contributed by atoms with Gasteiger partial charge in [-0.2, -0.15) is 16.1 Å². The fourth-order valence-corrected chi connectivity index (χ4v) is 2.80. The maximum atomic E-state index is 12.0. The van der Waals surface area contributed by atoms with Crippen LogP contribution >= 0.6 is 11.3 Å². The molecule has 22 heavy (non-hydrogen) atoms. The predicted octanol–water partition coefficient (Wildman–Crippen LogP) is 1.69. The number of aromatic nitrogens is 6. The van der Waals surface area contributed by atoms with Gasteiger partial charge in [0.2, 0.25) is 5.82 Å². The fraction of sp³-hybridized carbons (Fsp3) is 0.0714. The number of nitrogens with one attached hydrogen (secondary N) is 1. The molecule has 0 saturated carbocycles. The van der Waals surface area contributed by atoms with E-state index in [1.54, 1.807) is 23.5 Å². The smallest absolute Gasteiger partial charge is 0.258 e. The molecule has 4 aromatic rings. The van der Waals surface area contributed by atoms with Crippen LogP contribution in [-0.2, 0) is 6.54 Å². The van der Waals surface area contributed by atoms with E-state index in [4.69, 9.17) is 0 Å². The van der Waals surface area contributed by atoms with Crippen LogP contribution in [0.4, 0.5) is 0 Å². The molecule has 1 aromatic carbocycles. The van der Waals surface area contributed by atoms with E-state index >= 15 is 0 Å². The lowest BCUT2D eigenvalue weighted by Crippen LogP contribution is -2.15. The third-order valence-corrected chi connectivity index (χ3v) is 3.87. The second kappa shape index (κ2) is 5.15. The van der Waals surface area contributed by atoms with Crippen molar-refractivity contribution in [3.05, 3.63) is 57.3 Å². The summed E-state index contributed by atoms with van der Waals surface area (Å²) in [5, 5.41) is 16.8. The van der Waals surface area contributed by atoms with Crippen molar-refractivity contribution in [1.82, 2.24) is 30.2 Å². The summed E-state index contributed by atoms with van der Waals surface area (Å²) >= 11 is 1.57. The number of thiophene rings is 1. The van der Waals surface area contributed by atoms with Gasteiger partial charge < -0.3 is 4.98 Å².